The molecular weight excluding hydrogens is 314 g/mol. The Kier molecular flexibility index (Phi) is 5.07. The van der Waals surface area contributed by atoms with Gasteiger partial charge in [0.05, 0.1) is 5.69 Å². The van der Waals surface area contributed by atoms with Crippen molar-refractivity contribution in [2.45, 2.75) is 0 Å². The van der Waals surface area contributed by atoms with Gasteiger partial charge >= 0.3 is 0 Å². The molecule has 0 saturated heterocycles. The summed E-state index contributed by atoms with van der Waals surface area (Å²) in [7, 11) is 0. The Bertz CT molecular complexity index is 824. The van der Waals surface area contributed by atoms with Crippen molar-refractivity contribution < 1.29 is 4.79 Å². The van der Waals surface area contributed by atoms with Crippen molar-refractivity contribution in [3.05, 3.63) is 64.7 Å². The summed E-state index contributed by atoms with van der Waals surface area (Å²) in [4.78, 5) is 12.6. The third-order valence-corrected chi connectivity index (χ3v) is 3.15. The van der Waals surface area contributed by atoms with E-state index in [9.17, 15) is 4.79 Å². The number of carbonyl (C=O) groups excluding carboxylic acids is 1. The number of hydrogen-bond acceptors (Lipinski definition) is 5. The fourth-order valence-electron chi connectivity index (χ4n) is 1.81. The fraction of sp³-hybridized carbons (Fsp3) is 0. The molecule has 0 aliphatic heterocycles. The lowest BCUT2D eigenvalue weighted by Gasteiger charge is -2.09. The highest BCUT2D eigenvalue weighted by atomic mass is 35.5. The monoisotopic (exact) mass is 325 g/mol. The average molecular weight is 326 g/mol. The largest absolute Gasteiger partial charge is 0.382 e. The van der Waals surface area contributed by atoms with Crippen molar-refractivity contribution >= 4 is 34.6 Å². The number of hydrazone groups is 1. The number of anilines is 1. The molecule has 0 unspecified atom stereocenters. The molecule has 6 nitrogen and oxygen atoms in total. The molecule has 114 valence electrons. The van der Waals surface area contributed by atoms with E-state index in [-0.39, 0.29) is 11.5 Å². The number of nitrogens with one attached hydrogen (secondary N) is 2. The molecule has 0 amide bonds. The Morgan fingerprint density at radius 1 is 1.26 bits per heavy atom. The zero-order valence-electron chi connectivity index (χ0n) is 11.9. The number of hydrogen-bond donors (Lipinski definition) is 3. The molecule has 0 aliphatic rings. The lowest BCUT2D eigenvalue weighted by atomic mass is 10.0. The highest BCUT2D eigenvalue weighted by Crippen LogP contribution is 2.23. The minimum absolute atomic E-state index is 0.243. The molecule has 0 bridgehead atoms. The van der Waals surface area contributed by atoms with E-state index in [0.717, 1.165) is 0 Å². The van der Waals surface area contributed by atoms with Crippen LogP contribution in [0.15, 0.2) is 53.6 Å². The summed E-state index contributed by atoms with van der Waals surface area (Å²) in [6.07, 6.45) is 0. The molecular formula is C16H12ClN5O. The minimum Gasteiger partial charge on any atom is -0.382 e. The van der Waals surface area contributed by atoms with Crippen LogP contribution in [-0.4, -0.2) is 17.3 Å². The molecule has 4 N–H and O–H groups in total. The van der Waals surface area contributed by atoms with Gasteiger partial charge in [-0.3, -0.25) is 15.6 Å². The number of amidine groups is 1. The Labute approximate surface area is 137 Å². The lowest BCUT2D eigenvalue weighted by molar-refractivity contribution is 0.103. The van der Waals surface area contributed by atoms with E-state index in [4.69, 9.17) is 28.0 Å². The highest BCUT2D eigenvalue weighted by Gasteiger charge is 2.14. The molecule has 0 aliphatic carbocycles. The van der Waals surface area contributed by atoms with Crippen molar-refractivity contribution in [2.24, 2.45) is 10.8 Å². The van der Waals surface area contributed by atoms with Gasteiger partial charge < -0.3 is 5.73 Å². The van der Waals surface area contributed by atoms with Gasteiger partial charge in [0, 0.05) is 16.1 Å². The maximum Gasteiger partial charge on any atom is 0.201 e. The Morgan fingerprint density at radius 3 is 2.57 bits per heavy atom. The van der Waals surface area contributed by atoms with Gasteiger partial charge in [-0.15, -0.1) is 0 Å². The number of nitrogens with two attached hydrogens (primary N) is 1. The molecule has 0 spiro atoms. The summed E-state index contributed by atoms with van der Waals surface area (Å²) in [5.41, 5.74) is 8.69. The number of nitriles is 1. The van der Waals surface area contributed by atoms with E-state index < -0.39 is 5.84 Å². The average Bonchev–Trinajstić information content (AvgIpc) is 2.56. The van der Waals surface area contributed by atoms with Crippen LogP contribution in [0.5, 0.6) is 0 Å². The third-order valence-electron chi connectivity index (χ3n) is 2.91. The molecule has 2 aromatic rings. The molecule has 0 aromatic heterocycles. The van der Waals surface area contributed by atoms with Crippen LogP contribution in [0.3, 0.4) is 0 Å². The first-order valence-corrected chi connectivity index (χ1v) is 6.88. The van der Waals surface area contributed by atoms with E-state index in [1.165, 1.54) is 6.07 Å². The number of halogens is 1. The summed E-state index contributed by atoms with van der Waals surface area (Å²) in [5, 5.41) is 20.2. The van der Waals surface area contributed by atoms with Crippen LogP contribution in [0.25, 0.3) is 0 Å². The van der Waals surface area contributed by atoms with Crippen LogP contribution in [0.1, 0.15) is 15.9 Å². The summed E-state index contributed by atoms with van der Waals surface area (Å²) >= 11 is 5.97. The van der Waals surface area contributed by atoms with Gasteiger partial charge in [0.2, 0.25) is 5.71 Å². The van der Waals surface area contributed by atoms with Gasteiger partial charge in [0.15, 0.2) is 11.6 Å². The van der Waals surface area contributed by atoms with E-state index >= 15 is 0 Å². The van der Waals surface area contributed by atoms with Gasteiger partial charge in [-0.1, -0.05) is 41.9 Å². The van der Waals surface area contributed by atoms with E-state index in [2.05, 4.69) is 10.5 Å². The normalized spacial score (nSPS) is 10.7. The predicted octanol–water partition coefficient (Wildman–Crippen LogP) is 2.80. The van der Waals surface area contributed by atoms with Crippen molar-refractivity contribution in [3.8, 4) is 6.07 Å². The van der Waals surface area contributed by atoms with Crippen molar-refractivity contribution in [2.75, 3.05) is 5.43 Å². The third kappa shape index (κ3) is 3.93. The van der Waals surface area contributed by atoms with Gasteiger partial charge in [-0.2, -0.15) is 10.4 Å². The minimum atomic E-state index is -0.468. The summed E-state index contributed by atoms with van der Waals surface area (Å²) in [6, 6.07) is 15.0. The number of benzene rings is 2. The van der Waals surface area contributed by atoms with Crippen LogP contribution in [-0.2, 0) is 0 Å². The predicted molar refractivity (Wildman–Crippen MR) is 89.9 cm³/mol. The maximum absolute atomic E-state index is 12.6. The molecule has 0 fully saturated rings. The Morgan fingerprint density at radius 2 is 1.96 bits per heavy atom. The summed E-state index contributed by atoms with van der Waals surface area (Å²) in [5.74, 6) is -0.711. The second-order valence-electron chi connectivity index (χ2n) is 4.48. The van der Waals surface area contributed by atoms with Crippen LogP contribution < -0.4 is 11.2 Å². The standard InChI is InChI=1S/C16H12ClN5O/c17-11-6-7-13(21-22-14(9-18)16(19)20)12(8-11)15(23)10-4-2-1-3-5-10/h1-8,21H,(H3,19,20)/b22-14+. The molecule has 0 radical (unpaired) electrons. The topological polar surface area (TPSA) is 115 Å². The molecule has 2 rings (SSSR count). The SMILES string of the molecule is N#C/C(=N\Nc1ccc(Cl)cc1C(=O)c1ccccc1)C(=N)N. The molecule has 0 saturated carbocycles. The van der Waals surface area contributed by atoms with Crippen LogP contribution in [0, 0.1) is 16.7 Å². The highest BCUT2D eigenvalue weighted by molar-refractivity contribution is 6.45. The number of ketones is 1. The maximum atomic E-state index is 12.6. The van der Waals surface area contributed by atoms with E-state index in [1.54, 1.807) is 42.5 Å². The smallest absolute Gasteiger partial charge is 0.201 e. The van der Waals surface area contributed by atoms with Crippen molar-refractivity contribution in [1.29, 1.82) is 10.7 Å². The van der Waals surface area contributed by atoms with Gasteiger partial charge in [0.25, 0.3) is 0 Å². The second kappa shape index (κ2) is 7.20. The lowest BCUT2D eigenvalue weighted by Crippen LogP contribution is -2.22. The van der Waals surface area contributed by atoms with Gasteiger partial charge in [-0.05, 0) is 18.2 Å². The van der Waals surface area contributed by atoms with Gasteiger partial charge in [-0.25, -0.2) is 0 Å². The first kappa shape index (κ1) is 16.2. The quantitative estimate of drug-likeness (QED) is 0.339. The number of carbonyl (C=O) groups is 1. The molecule has 23 heavy (non-hydrogen) atoms. The molecule has 0 heterocycles. The zero-order chi connectivity index (χ0) is 16.8. The van der Waals surface area contributed by atoms with E-state index in [1.807, 2.05) is 6.07 Å². The summed E-state index contributed by atoms with van der Waals surface area (Å²) < 4.78 is 0. The van der Waals surface area contributed by atoms with Crippen LogP contribution >= 0.6 is 11.6 Å². The van der Waals surface area contributed by atoms with Gasteiger partial charge in [0.1, 0.15) is 6.07 Å². The fourth-order valence-corrected chi connectivity index (χ4v) is 1.98. The van der Waals surface area contributed by atoms with Crippen LogP contribution in [0.4, 0.5) is 5.69 Å². The van der Waals surface area contributed by atoms with Crippen molar-refractivity contribution in [1.82, 2.24) is 0 Å². The first-order valence-electron chi connectivity index (χ1n) is 6.50. The zero-order valence-corrected chi connectivity index (χ0v) is 12.6. The van der Waals surface area contributed by atoms with Crippen molar-refractivity contribution in [3.63, 3.8) is 0 Å². The van der Waals surface area contributed by atoms with Crippen LogP contribution in [0.2, 0.25) is 5.02 Å². The molecule has 7 heteroatoms. The Balaban J connectivity index is 2.41. The van der Waals surface area contributed by atoms with E-state index in [0.29, 0.717) is 21.8 Å². The molecule has 0 atom stereocenters. The molecule has 2 aromatic carbocycles. The second-order valence-corrected chi connectivity index (χ2v) is 4.92. The summed E-state index contributed by atoms with van der Waals surface area (Å²) in [6.45, 7) is 0. The first-order chi connectivity index (χ1) is 11.0. The Hall–Kier alpha value is -3.17. The number of rotatable bonds is 5. The number of nitrogens with zero attached hydrogens (tertiary/aromatic N) is 2.